The lowest BCUT2D eigenvalue weighted by molar-refractivity contribution is -0.136. The fraction of sp³-hybridized carbons (Fsp3) is 0.923. The van der Waals surface area contributed by atoms with E-state index in [4.69, 9.17) is 10.8 Å². The second-order valence-electron chi connectivity index (χ2n) is 5.17. The Morgan fingerprint density at radius 3 is 2.35 bits per heavy atom. The lowest BCUT2D eigenvalue weighted by Crippen LogP contribution is -2.52. The molecule has 0 aromatic carbocycles. The molecule has 0 bridgehead atoms. The molecule has 0 aliphatic heterocycles. The number of nitrogens with two attached hydrogens (primary N) is 1. The first-order valence-corrected chi connectivity index (χ1v) is 6.75. The lowest BCUT2D eigenvalue weighted by Gasteiger charge is -2.40. The average molecular weight is 242 g/mol. The Kier molecular flexibility index (Phi) is 5.40. The Hall–Kier alpha value is -0.610. The molecule has 0 heterocycles. The molecule has 3 N–H and O–H groups in total. The van der Waals surface area contributed by atoms with Gasteiger partial charge in [0.2, 0.25) is 5.91 Å². The summed E-state index contributed by atoms with van der Waals surface area (Å²) in [6.07, 6.45) is 5.33. The van der Waals surface area contributed by atoms with Crippen molar-refractivity contribution in [3.63, 3.8) is 0 Å². The number of hydrogen-bond donors (Lipinski definition) is 2. The Balaban J connectivity index is 2.58. The van der Waals surface area contributed by atoms with Crippen molar-refractivity contribution in [3.05, 3.63) is 0 Å². The number of amides is 1. The maximum atomic E-state index is 12.2. The SMILES string of the molecule is CCC(CC)N(CCO)C(=O)CC1(N)CCC1. The van der Waals surface area contributed by atoms with Gasteiger partial charge >= 0.3 is 0 Å². The fourth-order valence-corrected chi connectivity index (χ4v) is 2.56. The third-order valence-electron chi connectivity index (χ3n) is 3.90. The summed E-state index contributed by atoms with van der Waals surface area (Å²) in [6, 6.07) is 0.235. The van der Waals surface area contributed by atoms with E-state index in [1.807, 2.05) is 4.90 Å². The Morgan fingerprint density at radius 2 is 2.00 bits per heavy atom. The van der Waals surface area contributed by atoms with Gasteiger partial charge in [0, 0.05) is 24.5 Å². The first-order valence-electron chi connectivity index (χ1n) is 6.75. The largest absolute Gasteiger partial charge is 0.395 e. The van der Waals surface area contributed by atoms with Crippen molar-refractivity contribution in [2.45, 2.75) is 64.0 Å². The number of carbonyl (C=O) groups excluding carboxylic acids is 1. The van der Waals surface area contributed by atoms with E-state index < -0.39 is 0 Å². The van der Waals surface area contributed by atoms with E-state index in [-0.39, 0.29) is 24.1 Å². The van der Waals surface area contributed by atoms with Crippen molar-refractivity contribution in [3.8, 4) is 0 Å². The summed E-state index contributed by atoms with van der Waals surface area (Å²) in [5.41, 5.74) is 5.84. The van der Waals surface area contributed by atoms with Gasteiger partial charge in [0.25, 0.3) is 0 Å². The van der Waals surface area contributed by atoms with Crippen LogP contribution in [0.15, 0.2) is 0 Å². The highest BCUT2D eigenvalue weighted by atomic mass is 16.3. The number of aliphatic hydroxyl groups excluding tert-OH is 1. The summed E-state index contributed by atoms with van der Waals surface area (Å²) in [5.74, 6) is 0.106. The molecule has 100 valence electrons. The minimum absolute atomic E-state index is 0.0276. The van der Waals surface area contributed by atoms with Gasteiger partial charge < -0.3 is 15.7 Å². The molecule has 0 saturated heterocycles. The topological polar surface area (TPSA) is 66.6 Å². The summed E-state index contributed by atoms with van der Waals surface area (Å²) in [5, 5.41) is 9.07. The number of rotatable bonds is 7. The first kappa shape index (κ1) is 14.5. The summed E-state index contributed by atoms with van der Waals surface area (Å²) in [6.45, 7) is 4.61. The second-order valence-corrected chi connectivity index (χ2v) is 5.17. The molecular formula is C13H26N2O2. The predicted octanol–water partition coefficient (Wildman–Crippen LogP) is 1.27. The third kappa shape index (κ3) is 3.68. The highest BCUT2D eigenvalue weighted by Gasteiger charge is 2.36. The van der Waals surface area contributed by atoms with Crippen molar-refractivity contribution in [1.29, 1.82) is 0 Å². The maximum absolute atomic E-state index is 12.2. The van der Waals surface area contributed by atoms with Gasteiger partial charge in [-0.3, -0.25) is 4.79 Å². The molecule has 4 heteroatoms. The van der Waals surface area contributed by atoms with Crippen molar-refractivity contribution in [2.24, 2.45) is 5.73 Å². The summed E-state index contributed by atoms with van der Waals surface area (Å²) < 4.78 is 0. The Bertz CT molecular complexity index is 248. The summed E-state index contributed by atoms with van der Waals surface area (Å²) in [7, 11) is 0. The zero-order chi connectivity index (χ0) is 12.9. The van der Waals surface area contributed by atoms with Crippen LogP contribution in [-0.2, 0) is 4.79 Å². The number of carbonyl (C=O) groups is 1. The molecule has 1 saturated carbocycles. The van der Waals surface area contributed by atoms with Crippen LogP contribution in [0.2, 0.25) is 0 Å². The van der Waals surface area contributed by atoms with Crippen molar-refractivity contribution in [2.75, 3.05) is 13.2 Å². The van der Waals surface area contributed by atoms with Crippen LogP contribution in [0.5, 0.6) is 0 Å². The van der Waals surface area contributed by atoms with E-state index in [0.717, 1.165) is 32.1 Å². The number of nitrogens with zero attached hydrogens (tertiary/aromatic N) is 1. The van der Waals surface area contributed by atoms with E-state index in [1.165, 1.54) is 0 Å². The molecule has 1 aliphatic carbocycles. The lowest BCUT2D eigenvalue weighted by atomic mass is 9.75. The quantitative estimate of drug-likeness (QED) is 0.706. The molecule has 1 rings (SSSR count). The normalized spacial score (nSPS) is 17.9. The molecule has 1 aliphatic rings. The molecular weight excluding hydrogens is 216 g/mol. The zero-order valence-corrected chi connectivity index (χ0v) is 11.1. The van der Waals surface area contributed by atoms with Crippen LogP contribution >= 0.6 is 0 Å². The van der Waals surface area contributed by atoms with Gasteiger partial charge in [-0.1, -0.05) is 13.8 Å². The van der Waals surface area contributed by atoms with Crippen LogP contribution in [0.4, 0.5) is 0 Å². The van der Waals surface area contributed by atoms with E-state index in [0.29, 0.717) is 13.0 Å². The standard InChI is InChI=1S/C13H26N2O2/c1-3-11(4-2)15(8-9-16)12(17)10-13(14)6-5-7-13/h11,16H,3-10,14H2,1-2H3. The highest BCUT2D eigenvalue weighted by Crippen LogP contribution is 2.33. The van der Waals surface area contributed by atoms with Crippen LogP contribution in [0.1, 0.15) is 52.4 Å². The third-order valence-corrected chi connectivity index (χ3v) is 3.90. The van der Waals surface area contributed by atoms with Crippen molar-refractivity contribution < 1.29 is 9.90 Å². The van der Waals surface area contributed by atoms with Crippen LogP contribution < -0.4 is 5.73 Å². The van der Waals surface area contributed by atoms with Gasteiger partial charge in [-0.2, -0.15) is 0 Å². The first-order chi connectivity index (χ1) is 8.06. The van der Waals surface area contributed by atoms with Crippen molar-refractivity contribution in [1.82, 2.24) is 4.90 Å². The average Bonchev–Trinajstić information content (AvgIpc) is 2.27. The number of aliphatic hydroxyl groups is 1. The van der Waals surface area contributed by atoms with Crippen molar-refractivity contribution >= 4 is 5.91 Å². The molecule has 1 amide bonds. The monoisotopic (exact) mass is 242 g/mol. The fourth-order valence-electron chi connectivity index (χ4n) is 2.56. The summed E-state index contributed by atoms with van der Waals surface area (Å²) >= 11 is 0. The smallest absolute Gasteiger partial charge is 0.224 e. The molecule has 17 heavy (non-hydrogen) atoms. The van der Waals surface area contributed by atoms with Gasteiger partial charge in [-0.15, -0.1) is 0 Å². The molecule has 1 fully saturated rings. The van der Waals surface area contributed by atoms with Gasteiger partial charge in [0.15, 0.2) is 0 Å². The molecule has 0 atom stereocenters. The minimum atomic E-state index is -0.267. The Labute approximate surface area is 104 Å². The molecule has 4 nitrogen and oxygen atoms in total. The molecule has 0 spiro atoms. The van der Waals surface area contributed by atoms with E-state index >= 15 is 0 Å². The minimum Gasteiger partial charge on any atom is -0.395 e. The van der Waals surface area contributed by atoms with Crippen LogP contribution in [-0.4, -0.2) is 40.6 Å². The van der Waals surface area contributed by atoms with Crippen LogP contribution in [0, 0.1) is 0 Å². The molecule has 0 aromatic heterocycles. The van der Waals surface area contributed by atoms with Gasteiger partial charge in [0.1, 0.15) is 0 Å². The number of hydrogen-bond acceptors (Lipinski definition) is 3. The van der Waals surface area contributed by atoms with Gasteiger partial charge in [-0.05, 0) is 32.1 Å². The van der Waals surface area contributed by atoms with Gasteiger partial charge in [-0.25, -0.2) is 0 Å². The van der Waals surface area contributed by atoms with E-state index in [1.54, 1.807) is 0 Å². The Morgan fingerprint density at radius 1 is 1.41 bits per heavy atom. The second kappa shape index (κ2) is 6.36. The summed E-state index contributed by atoms with van der Waals surface area (Å²) in [4.78, 5) is 14.0. The maximum Gasteiger partial charge on any atom is 0.224 e. The van der Waals surface area contributed by atoms with Gasteiger partial charge in [0.05, 0.1) is 6.61 Å². The molecule has 0 unspecified atom stereocenters. The predicted molar refractivity (Wildman–Crippen MR) is 68.6 cm³/mol. The van der Waals surface area contributed by atoms with Crippen LogP contribution in [0.3, 0.4) is 0 Å². The van der Waals surface area contributed by atoms with E-state index in [9.17, 15) is 4.79 Å². The van der Waals surface area contributed by atoms with Crippen LogP contribution in [0.25, 0.3) is 0 Å². The molecule has 0 aromatic rings. The molecule has 0 radical (unpaired) electrons. The van der Waals surface area contributed by atoms with E-state index in [2.05, 4.69) is 13.8 Å². The highest BCUT2D eigenvalue weighted by molar-refractivity contribution is 5.78. The zero-order valence-electron chi connectivity index (χ0n) is 11.1.